The average molecular weight is 518 g/mol. The highest BCUT2D eigenvalue weighted by Gasteiger charge is 2.47. The van der Waals surface area contributed by atoms with E-state index in [0.29, 0.717) is 29.2 Å². The number of nitrogens with one attached hydrogen (secondary N) is 1. The molecule has 2 aromatic rings. The van der Waals surface area contributed by atoms with E-state index in [-0.39, 0.29) is 29.6 Å². The maximum Gasteiger partial charge on any atom is 0.255 e. The molecule has 9 heteroatoms. The third kappa shape index (κ3) is 4.26. The van der Waals surface area contributed by atoms with Gasteiger partial charge in [-0.05, 0) is 56.1 Å². The summed E-state index contributed by atoms with van der Waals surface area (Å²) in [6, 6.07) is 11.0. The lowest BCUT2D eigenvalue weighted by atomic mass is 9.71. The van der Waals surface area contributed by atoms with Crippen LogP contribution in [0.15, 0.2) is 36.4 Å². The number of hydrogen-bond acceptors (Lipinski definition) is 5. The first-order valence-corrected chi connectivity index (χ1v) is 13.1. The van der Waals surface area contributed by atoms with Crippen molar-refractivity contribution in [2.45, 2.75) is 44.8 Å². The number of piperidine rings is 2. The molecule has 1 N–H and O–H groups in total. The van der Waals surface area contributed by atoms with Crippen LogP contribution in [-0.2, 0) is 22.7 Å². The molecular formula is C28H28ClN5O3. The van der Waals surface area contributed by atoms with Crippen molar-refractivity contribution < 1.29 is 14.4 Å². The Balaban J connectivity index is 1.08. The van der Waals surface area contributed by atoms with Gasteiger partial charge in [0.2, 0.25) is 17.5 Å². The Bertz CT molecular complexity index is 1340. The smallest absolute Gasteiger partial charge is 0.255 e. The fraction of sp³-hybridized carbons (Fsp3) is 0.429. The van der Waals surface area contributed by atoms with Crippen molar-refractivity contribution in [3.8, 4) is 0 Å². The van der Waals surface area contributed by atoms with Gasteiger partial charge in [0.1, 0.15) is 6.04 Å². The second-order valence-electron chi connectivity index (χ2n) is 10.7. The minimum Gasteiger partial charge on any atom is -0.370 e. The molecule has 3 amide bonds. The van der Waals surface area contributed by atoms with Crippen LogP contribution in [-0.4, -0.2) is 59.7 Å². The van der Waals surface area contributed by atoms with Crippen molar-refractivity contribution in [3.63, 3.8) is 0 Å². The van der Waals surface area contributed by atoms with Crippen LogP contribution in [0.3, 0.4) is 0 Å². The van der Waals surface area contributed by atoms with Crippen LogP contribution in [0.4, 0.5) is 11.4 Å². The third-order valence-corrected chi connectivity index (χ3v) is 8.71. The van der Waals surface area contributed by atoms with Gasteiger partial charge >= 0.3 is 0 Å². The van der Waals surface area contributed by atoms with Gasteiger partial charge in [-0.1, -0.05) is 29.8 Å². The number of imide groups is 1. The van der Waals surface area contributed by atoms with Crippen LogP contribution >= 0.6 is 11.6 Å². The number of halogens is 1. The number of amides is 3. The van der Waals surface area contributed by atoms with Crippen LogP contribution in [0.1, 0.15) is 47.2 Å². The van der Waals surface area contributed by atoms with E-state index in [1.54, 1.807) is 11.0 Å². The first-order valence-electron chi connectivity index (χ1n) is 12.8. The van der Waals surface area contributed by atoms with Gasteiger partial charge in [0, 0.05) is 59.9 Å². The Kier molecular flexibility index (Phi) is 5.93. The van der Waals surface area contributed by atoms with Crippen molar-refractivity contribution in [3.05, 3.63) is 69.5 Å². The third-order valence-electron chi connectivity index (χ3n) is 8.41. The summed E-state index contributed by atoms with van der Waals surface area (Å²) in [4.78, 5) is 47.0. The summed E-state index contributed by atoms with van der Waals surface area (Å²) in [5.41, 5.74) is 4.66. The first-order chi connectivity index (χ1) is 17.9. The van der Waals surface area contributed by atoms with Gasteiger partial charge in [-0.2, -0.15) is 0 Å². The molecule has 0 bridgehead atoms. The Morgan fingerprint density at radius 3 is 2.59 bits per heavy atom. The standard InChI is InChI=1S/C28H28ClN5O3/c1-30-22-6-5-18(13-21(22)29)14-32-11-9-28(10-12-32)16-33(17-28)23-4-2-3-19-20(23)15-34(27(19)37)24-7-8-25(35)31-26(24)36/h2-6,13,24H,7-12,14-17H2,(H,31,35,36). The minimum absolute atomic E-state index is 0.126. The van der Waals surface area contributed by atoms with Crippen LogP contribution in [0.2, 0.25) is 5.02 Å². The van der Waals surface area contributed by atoms with E-state index in [1.807, 2.05) is 24.3 Å². The fourth-order valence-electron chi connectivity index (χ4n) is 6.30. The predicted octanol–water partition coefficient (Wildman–Crippen LogP) is 3.75. The molecule has 0 aromatic heterocycles. The number of carbonyl (C=O) groups is 3. The quantitative estimate of drug-likeness (QED) is 0.493. The van der Waals surface area contributed by atoms with Gasteiger partial charge in [-0.3, -0.25) is 24.6 Å². The van der Waals surface area contributed by atoms with E-state index in [9.17, 15) is 14.4 Å². The highest BCUT2D eigenvalue weighted by atomic mass is 35.5. The number of rotatable bonds is 4. The Labute approximate surface area is 221 Å². The van der Waals surface area contributed by atoms with Gasteiger partial charge in [0.15, 0.2) is 0 Å². The summed E-state index contributed by atoms with van der Waals surface area (Å²) in [6.07, 6.45) is 2.87. The molecule has 4 heterocycles. The molecule has 1 unspecified atom stereocenters. The van der Waals surface area contributed by atoms with Gasteiger partial charge in [-0.15, -0.1) is 0 Å². The lowest BCUT2D eigenvalue weighted by Crippen LogP contribution is -2.60. The van der Waals surface area contributed by atoms with Crippen molar-refractivity contribution in [1.82, 2.24) is 15.1 Å². The molecule has 1 spiro atoms. The van der Waals surface area contributed by atoms with Crippen LogP contribution in [0.5, 0.6) is 0 Å². The highest BCUT2D eigenvalue weighted by molar-refractivity contribution is 6.33. The van der Waals surface area contributed by atoms with E-state index in [2.05, 4.69) is 26.0 Å². The molecule has 8 nitrogen and oxygen atoms in total. The molecule has 1 atom stereocenters. The zero-order valence-corrected chi connectivity index (χ0v) is 21.3. The second-order valence-corrected chi connectivity index (χ2v) is 11.1. The maximum absolute atomic E-state index is 13.2. The zero-order valence-electron chi connectivity index (χ0n) is 20.5. The number of carbonyl (C=O) groups excluding carboxylic acids is 3. The molecule has 4 aliphatic rings. The number of benzene rings is 2. The monoisotopic (exact) mass is 517 g/mol. The van der Waals surface area contributed by atoms with E-state index >= 15 is 0 Å². The number of hydrogen-bond donors (Lipinski definition) is 1. The molecule has 4 aliphatic heterocycles. The molecule has 3 fully saturated rings. The molecule has 2 aromatic carbocycles. The predicted molar refractivity (Wildman–Crippen MR) is 139 cm³/mol. The fourth-order valence-corrected chi connectivity index (χ4v) is 6.54. The molecule has 0 saturated carbocycles. The molecule has 37 heavy (non-hydrogen) atoms. The van der Waals surface area contributed by atoms with Crippen molar-refractivity contribution in [2.75, 3.05) is 31.1 Å². The maximum atomic E-state index is 13.2. The summed E-state index contributed by atoms with van der Waals surface area (Å²) in [5, 5.41) is 2.89. The highest BCUT2D eigenvalue weighted by Crippen LogP contribution is 2.45. The summed E-state index contributed by atoms with van der Waals surface area (Å²) >= 11 is 6.22. The summed E-state index contributed by atoms with van der Waals surface area (Å²) in [5.74, 6) is -0.775. The molecule has 190 valence electrons. The lowest BCUT2D eigenvalue weighted by molar-refractivity contribution is -0.136. The SMILES string of the molecule is [C-]#[N+]c1ccc(CN2CCC3(CC2)CN(c2cccc4c2CN(C2CCC(=O)NC2=O)C4=O)C3)cc1Cl. The van der Waals surface area contributed by atoms with Crippen LogP contribution in [0, 0.1) is 12.0 Å². The number of likely N-dealkylation sites (tertiary alicyclic amines) is 1. The Morgan fingerprint density at radius 2 is 1.89 bits per heavy atom. The summed E-state index contributed by atoms with van der Waals surface area (Å²) in [6.45, 7) is 12.4. The van der Waals surface area contributed by atoms with Gasteiger partial charge < -0.3 is 9.80 Å². The van der Waals surface area contributed by atoms with Gasteiger partial charge in [0.05, 0.1) is 6.57 Å². The van der Waals surface area contributed by atoms with Gasteiger partial charge in [0.25, 0.3) is 5.91 Å². The topological polar surface area (TPSA) is 77.3 Å². The molecule has 0 radical (unpaired) electrons. The second kappa shape index (κ2) is 9.16. The largest absolute Gasteiger partial charge is 0.370 e. The van der Waals surface area contributed by atoms with Crippen LogP contribution in [0.25, 0.3) is 4.85 Å². The van der Waals surface area contributed by atoms with Crippen molar-refractivity contribution in [2.24, 2.45) is 5.41 Å². The minimum atomic E-state index is -0.593. The molecular weight excluding hydrogens is 490 g/mol. The van der Waals surface area contributed by atoms with Crippen molar-refractivity contribution >= 4 is 40.7 Å². The first kappa shape index (κ1) is 24.0. The Hall–Kier alpha value is -3.41. The molecule has 3 saturated heterocycles. The van der Waals surface area contributed by atoms with E-state index in [0.717, 1.165) is 62.4 Å². The summed E-state index contributed by atoms with van der Waals surface area (Å²) < 4.78 is 0. The number of fused-ring (bicyclic) bond motifs is 1. The summed E-state index contributed by atoms with van der Waals surface area (Å²) in [7, 11) is 0. The zero-order chi connectivity index (χ0) is 25.7. The average Bonchev–Trinajstić information content (AvgIpc) is 3.20. The van der Waals surface area contributed by atoms with E-state index in [4.69, 9.17) is 18.2 Å². The lowest BCUT2D eigenvalue weighted by Gasteiger charge is -2.55. The molecule has 6 rings (SSSR count). The van der Waals surface area contributed by atoms with Crippen LogP contribution < -0.4 is 10.2 Å². The Morgan fingerprint density at radius 1 is 1.11 bits per heavy atom. The van der Waals surface area contributed by atoms with E-state index in [1.165, 1.54) is 0 Å². The number of anilines is 1. The normalized spacial score (nSPS) is 23.0. The molecule has 0 aliphatic carbocycles. The van der Waals surface area contributed by atoms with Gasteiger partial charge in [-0.25, -0.2) is 4.85 Å². The number of nitrogens with zero attached hydrogens (tertiary/aromatic N) is 4. The van der Waals surface area contributed by atoms with Crippen molar-refractivity contribution in [1.29, 1.82) is 0 Å². The van der Waals surface area contributed by atoms with E-state index < -0.39 is 6.04 Å².